The van der Waals surface area contributed by atoms with Gasteiger partial charge in [0.2, 0.25) is 0 Å². The molecule has 0 unspecified atom stereocenters. The standard InChI is InChI=1S/C17H23N3O2/c1-17(8-3-2-7-15(17)21)12-20-16(22)19-11-14-6-4-5-13(9-14)10-18/h4-6,9,15,21H,2-3,7-8,11-12H2,1H3,(H2,19,20,22)/t15-,17+/m0/s1. The first kappa shape index (κ1) is 16.3. The van der Waals surface area contributed by atoms with Gasteiger partial charge in [0.05, 0.1) is 17.7 Å². The van der Waals surface area contributed by atoms with Gasteiger partial charge in [-0.25, -0.2) is 4.79 Å². The monoisotopic (exact) mass is 301 g/mol. The van der Waals surface area contributed by atoms with Crippen molar-refractivity contribution in [3.05, 3.63) is 35.4 Å². The lowest BCUT2D eigenvalue weighted by Gasteiger charge is -2.38. The van der Waals surface area contributed by atoms with Gasteiger partial charge in [-0.1, -0.05) is 31.9 Å². The molecule has 1 aliphatic carbocycles. The Kier molecular flexibility index (Phi) is 5.40. The van der Waals surface area contributed by atoms with E-state index in [1.54, 1.807) is 18.2 Å². The molecular weight excluding hydrogens is 278 g/mol. The van der Waals surface area contributed by atoms with Crippen molar-refractivity contribution < 1.29 is 9.90 Å². The lowest BCUT2D eigenvalue weighted by atomic mass is 9.73. The SMILES string of the molecule is C[C@]1(CNC(=O)NCc2cccc(C#N)c2)CCCC[C@@H]1O. The molecule has 22 heavy (non-hydrogen) atoms. The molecule has 2 atom stereocenters. The number of hydrogen-bond acceptors (Lipinski definition) is 3. The summed E-state index contributed by atoms with van der Waals surface area (Å²) in [7, 11) is 0. The molecule has 0 aliphatic heterocycles. The molecule has 0 spiro atoms. The first-order chi connectivity index (χ1) is 10.5. The highest BCUT2D eigenvalue weighted by atomic mass is 16.3. The third-order valence-corrected chi connectivity index (χ3v) is 4.44. The minimum atomic E-state index is -0.353. The summed E-state index contributed by atoms with van der Waals surface area (Å²) in [5.41, 5.74) is 1.23. The number of amides is 2. The summed E-state index contributed by atoms with van der Waals surface area (Å²) in [5.74, 6) is 0. The van der Waals surface area contributed by atoms with Crippen LogP contribution in [0.5, 0.6) is 0 Å². The molecule has 1 fully saturated rings. The van der Waals surface area contributed by atoms with Gasteiger partial charge in [0, 0.05) is 18.5 Å². The van der Waals surface area contributed by atoms with Crippen LogP contribution < -0.4 is 10.6 Å². The van der Waals surface area contributed by atoms with Crippen molar-refractivity contribution in [2.24, 2.45) is 5.41 Å². The van der Waals surface area contributed by atoms with Crippen LogP contribution in [-0.4, -0.2) is 23.8 Å². The van der Waals surface area contributed by atoms with Gasteiger partial charge in [-0.15, -0.1) is 0 Å². The number of hydrogen-bond donors (Lipinski definition) is 3. The normalized spacial score (nSPS) is 24.3. The van der Waals surface area contributed by atoms with Crippen LogP contribution in [0, 0.1) is 16.7 Å². The number of carbonyl (C=O) groups excluding carboxylic acids is 1. The average Bonchev–Trinajstić information content (AvgIpc) is 2.54. The van der Waals surface area contributed by atoms with E-state index in [-0.39, 0.29) is 17.6 Å². The minimum absolute atomic E-state index is 0.240. The van der Waals surface area contributed by atoms with Crippen LogP contribution in [0.15, 0.2) is 24.3 Å². The van der Waals surface area contributed by atoms with Crippen molar-refractivity contribution in [3.63, 3.8) is 0 Å². The third kappa shape index (κ3) is 4.22. The summed E-state index contributed by atoms with van der Waals surface area (Å²) in [4.78, 5) is 11.9. The van der Waals surface area contributed by atoms with E-state index in [9.17, 15) is 9.90 Å². The Morgan fingerprint density at radius 1 is 1.45 bits per heavy atom. The summed E-state index contributed by atoms with van der Waals surface area (Å²) < 4.78 is 0. The molecule has 0 bridgehead atoms. The molecule has 0 saturated heterocycles. The van der Waals surface area contributed by atoms with E-state index in [1.807, 2.05) is 13.0 Å². The van der Waals surface area contributed by atoms with Crippen molar-refractivity contribution in [1.29, 1.82) is 5.26 Å². The summed E-state index contributed by atoms with van der Waals surface area (Å²) >= 11 is 0. The summed E-state index contributed by atoms with van der Waals surface area (Å²) in [6.45, 7) is 2.87. The number of nitrogens with zero attached hydrogens (tertiary/aromatic N) is 1. The van der Waals surface area contributed by atoms with Crippen LogP contribution in [0.2, 0.25) is 0 Å². The van der Waals surface area contributed by atoms with Crippen molar-refractivity contribution in [2.45, 2.75) is 45.3 Å². The van der Waals surface area contributed by atoms with Crippen molar-refractivity contribution >= 4 is 6.03 Å². The molecule has 3 N–H and O–H groups in total. The lowest BCUT2D eigenvalue weighted by molar-refractivity contribution is 0.00309. The first-order valence-electron chi connectivity index (χ1n) is 7.72. The van der Waals surface area contributed by atoms with Crippen LogP contribution in [0.1, 0.15) is 43.7 Å². The Balaban J connectivity index is 1.79. The van der Waals surface area contributed by atoms with Crippen LogP contribution in [0.4, 0.5) is 4.79 Å². The number of rotatable bonds is 4. The van der Waals surface area contributed by atoms with E-state index in [2.05, 4.69) is 16.7 Å². The van der Waals surface area contributed by atoms with E-state index < -0.39 is 0 Å². The van der Waals surface area contributed by atoms with E-state index in [0.29, 0.717) is 18.7 Å². The number of urea groups is 1. The molecule has 2 rings (SSSR count). The zero-order valence-electron chi connectivity index (χ0n) is 12.9. The second-order valence-electron chi connectivity index (χ2n) is 6.26. The van der Waals surface area contributed by atoms with Crippen LogP contribution >= 0.6 is 0 Å². The average molecular weight is 301 g/mol. The molecule has 1 aromatic carbocycles. The van der Waals surface area contributed by atoms with Gasteiger partial charge < -0.3 is 15.7 Å². The molecule has 1 saturated carbocycles. The fourth-order valence-corrected chi connectivity index (χ4v) is 2.87. The Hall–Kier alpha value is -2.06. The summed E-state index contributed by atoms with van der Waals surface area (Å²) in [5, 5.41) is 24.6. The fraction of sp³-hybridized carbons (Fsp3) is 0.529. The molecule has 1 aromatic rings. The van der Waals surface area contributed by atoms with E-state index >= 15 is 0 Å². The number of aliphatic hydroxyl groups is 1. The maximum Gasteiger partial charge on any atom is 0.315 e. The Morgan fingerprint density at radius 2 is 2.27 bits per heavy atom. The summed E-state index contributed by atoms with van der Waals surface area (Å²) in [6, 6.07) is 8.98. The smallest absolute Gasteiger partial charge is 0.315 e. The van der Waals surface area contributed by atoms with Crippen molar-refractivity contribution in [3.8, 4) is 6.07 Å². The highest BCUT2D eigenvalue weighted by molar-refractivity contribution is 5.73. The van der Waals surface area contributed by atoms with Gasteiger partial charge in [-0.05, 0) is 30.5 Å². The predicted molar refractivity (Wildman–Crippen MR) is 84.0 cm³/mol. The van der Waals surface area contributed by atoms with Crippen molar-refractivity contribution in [2.75, 3.05) is 6.54 Å². The molecule has 0 heterocycles. The Morgan fingerprint density at radius 3 is 3.00 bits per heavy atom. The van der Waals surface area contributed by atoms with Gasteiger partial charge >= 0.3 is 6.03 Å². The zero-order chi connectivity index (χ0) is 16.0. The van der Waals surface area contributed by atoms with Gasteiger partial charge in [0.1, 0.15) is 0 Å². The first-order valence-corrected chi connectivity index (χ1v) is 7.72. The van der Waals surface area contributed by atoms with Gasteiger partial charge in [0.15, 0.2) is 0 Å². The van der Waals surface area contributed by atoms with Gasteiger partial charge in [-0.3, -0.25) is 0 Å². The van der Waals surface area contributed by atoms with Crippen molar-refractivity contribution in [1.82, 2.24) is 10.6 Å². The molecule has 5 heteroatoms. The molecule has 0 radical (unpaired) electrons. The van der Waals surface area contributed by atoms with Crippen LogP contribution in [0.25, 0.3) is 0 Å². The Labute approximate surface area is 131 Å². The Bertz CT molecular complexity index is 567. The fourth-order valence-electron chi connectivity index (χ4n) is 2.87. The number of nitriles is 1. The summed E-state index contributed by atoms with van der Waals surface area (Å²) in [6.07, 6.45) is 3.53. The third-order valence-electron chi connectivity index (χ3n) is 4.44. The highest BCUT2D eigenvalue weighted by Gasteiger charge is 2.35. The second kappa shape index (κ2) is 7.28. The van der Waals surface area contributed by atoms with E-state index in [1.165, 1.54) is 0 Å². The quantitative estimate of drug-likeness (QED) is 0.797. The second-order valence-corrected chi connectivity index (χ2v) is 6.26. The minimum Gasteiger partial charge on any atom is -0.392 e. The maximum atomic E-state index is 11.9. The number of benzene rings is 1. The topological polar surface area (TPSA) is 85.2 Å². The number of aliphatic hydroxyl groups excluding tert-OH is 1. The highest BCUT2D eigenvalue weighted by Crippen LogP contribution is 2.35. The van der Waals surface area contributed by atoms with E-state index in [4.69, 9.17) is 5.26 Å². The van der Waals surface area contributed by atoms with Gasteiger partial charge in [-0.2, -0.15) is 5.26 Å². The lowest BCUT2D eigenvalue weighted by Crippen LogP contribution is -2.47. The maximum absolute atomic E-state index is 11.9. The van der Waals surface area contributed by atoms with E-state index in [0.717, 1.165) is 31.2 Å². The number of nitrogens with one attached hydrogen (secondary N) is 2. The van der Waals surface area contributed by atoms with Gasteiger partial charge in [0.25, 0.3) is 0 Å². The molecule has 118 valence electrons. The van der Waals surface area contributed by atoms with Crippen LogP contribution in [-0.2, 0) is 6.54 Å². The molecular formula is C17H23N3O2. The molecule has 1 aliphatic rings. The predicted octanol–water partition coefficient (Wildman–Crippen LogP) is 2.30. The molecule has 5 nitrogen and oxygen atoms in total. The molecule has 0 aromatic heterocycles. The number of carbonyl (C=O) groups is 1. The zero-order valence-corrected chi connectivity index (χ0v) is 12.9. The van der Waals surface area contributed by atoms with Crippen LogP contribution in [0.3, 0.4) is 0 Å². The molecule has 2 amide bonds. The largest absolute Gasteiger partial charge is 0.392 e.